The van der Waals surface area contributed by atoms with E-state index in [1.54, 1.807) is 24.0 Å². The van der Waals surface area contributed by atoms with E-state index in [9.17, 15) is 9.59 Å². The number of rotatable bonds is 6. The van der Waals surface area contributed by atoms with Crippen molar-refractivity contribution in [3.05, 3.63) is 76.0 Å². The molecule has 8 heteroatoms. The van der Waals surface area contributed by atoms with E-state index in [1.165, 1.54) is 0 Å². The summed E-state index contributed by atoms with van der Waals surface area (Å²) >= 11 is 3.52. The van der Waals surface area contributed by atoms with Gasteiger partial charge in [0, 0.05) is 35.1 Å². The van der Waals surface area contributed by atoms with Crippen LogP contribution < -0.4 is 10.1 Å². The van der Waals surface area contributed by atoms with E-state index in [-0.39, 0.29) is 17.7 Å². The Labute approximate surface area is 194 Å². The molecule has 1 aromatic heterocycles. The minimum Gasteiger partial charge on any atom is -0.488 e. The molecule has 2 amide bonds. The van der Waals surface area contributed by atoms with Crippen molar-refractivity contribution in [1.29, 1.82) is 0 Å². The van der Waals surface area contributed by atoms with Gasteiger partial charge in [-0.1, -0.05) is 51.4 Å². The van der Waals surface area contributed by atoms with E-state index in [2.05, 4.69) is 26.4 Å². The number of amides is 2. The summed E-state index contributed by atoms with van der Waals surface area (Å²) in [4.78, 5) is 27.5. The molecule has 32 heavy (non-hydrogen) atoms. The number of benzene rings is 2. The summed E-state index contributed by atoms with van der Waals surface area (Å²) in [6.45, 7) is 3.14. The van der Waals surface area contributed by atoms with Crippen LogP contribution in [0.15, 0.2) is 63.6 Å². The number of hydrogen-bond donors (Lipinski definition) is 1. The monoisotopic (exact) mass is 497 g/mol. The van der Waals surface area contributed by atoms with Crippen molar-refractivity contribution in [2.75, 3.05) is 18.4 Å². The summed E-state index contributed by atoms with van der Waals surface area (Å²) in [5.41, 5.74) is 1.53. The van der Waals surface area contributed by atoms with Crippen LogP contribution in [-0.2, 0) is 11.4 Å². The molecule has 0 unspecified atom stereocenters. The highest BCUT2D eigenvalue weighted by atomic mass is 79.9. The van der Waals surface area contributed by atoms with E-state index in [4.69, 9.17) is 9.26 Å². The third-order valence-corrected chi connectivity index (χ3v) is 6.26. The highest BCUT2D eigenvalue weighted by Crippen LogP contribution is 2.26. The van der Waals surface area contributed by atoms with Crippen molar-refractivity contribution >= 4 is 33.6 Å². The van der Waals surface area contributed by atoms with E-state index < -0.39 is 0 Å². The van der Waals surface area contributed by atoms with E-state index >= 15 is 0 Å². The zero-order chi connectivity index (χ0) is 22.5. The molecule has 0 bridgehead atoms. The normalized spacial score (nSPS) is 14.2. The molecular weight excluding hydrogens is 474 g/mol. The second kappa shape index (κ2) is 9.99. The molecule has 7 nitrogen and oxygen atoms in total. The summed E-state index contributed by atoms with van der Waals surface area (Å²) in [5, 5.41) is 6.58. The predicted molar refractivity (Wildman–Crippen MR) is 123 cm³/mol. The van der Waals surface area contributed by atoms with Crippen LogP contribution in [0.3, 0.4) is 0 Å². The van der Waals surface area contributed by atoms with Gasteiger partial charge in [-0.2, -0.15) is 0 Å². The Morgan fingerprint density at radius 1 is 1.16 bits per heavy atom. The van der Waals surface area contributed by atoms with Crippen LogP contribution in [0.25, 0.3) is 0 Å². The van der Waals surface area contributed by atoms with Crippen molar-refractivity contribution in [3.8, 4) is 5.75 Å². The molecule has 0 saturated carbocycles. The molecule has 0 radical (unpaired) electrons. The van der Waals surface area contributed by atoms with Crippen molar-refractivity contribution in [2.24, 2.45) is 5.92 Å². The minimum absolute atomic E-state index is 0.0845. The number of hydrogen-bond acceptors (Lipinski definition) is 5. The van der Waals surface area contributed by atoms with Gasteiger partial charge in [0.05, 0.1) is 5.56 Å². The van der Waals surface area contributed by atoms with E-state index in [1.807, 2.05) is 42.5 Å². The lowest BCUT2D eigenvalue weighted by molar-refractivity contribution is -0.121. The lowest BCUT2D eigenvalue weighted by Gasteiger charge is -2.31. The second-order valence-corrected chi connectivity index (χ2v) is 8.61. The average Bonchev–Trinajstić information content (AvgIpc) is 3.22. The fraction of sp³-hybridized carbons (Fsp3) is 0.292. The van der Waals surface area contributed by atoms with Crippen LogP contribution >= 0.6 is 15.9 Å². The number of carbonyl (C=O) groups is 2. The number of halogens is 1. The van der Waals surface area contributed by atoms with Gasteiger partial charge in [0.1, 0.15) is 18.1 Å². The van der Waals surface area contributed by atoms with E-state index in [0.29, 0.717) is 55.4 Å². The number of piperidine rings is 1. The quantitative estimate of drug-likeness (QED) is 0.527. The SMILES string of the molecule is Cc1cc(NC(=O)C2CCN(C(=O)c3ccccc3OCc3ccccc3Br)CC2)no1. The molecule has 3 aromatic rings. The minimum atomic E-state index is -0.169. The van der Waals surface area contributed by atoms with Gasteiger partial charge in [-0.25, -0.2) is 0 Å². The van der Waals surface area contributed by atoms with Gasteiger partial charge >= 0.3 is 0 Å². The fourth-order valence-corrected chi connectivity index (χ4v) is 4.11. The van der Waals surface area contributed by atoms with E-state index in [0.717, 1.165) is 10.0 Å². The van der Waals surface area contributed by atoms with Crippen LogP contribution in [0.5, 0.6) is 5.75 Å². The molecule has 0 atom stereocenters. The number of nitrogens with zero attached hydrogens (tertiary/aromatic N) is 2. The van der Waals surface area contributed by atoms with Crippen LogP contribution in [0.1, 0.15) is 34.5 Å². The second-order valence-electron chi connectivity index (χ2n) is 7.75. The zero-order valence-electron chi connectivity index (χ0n) is 17.7. The fourth-order valence-electron chi connectivity index (χ4n) is 3.71. The largest absolute Gasteiger partial charge is 0.488 e. The van der Waals surface area contributed by atoms with Crippen LogP contribution in [0, 0.1) is 12.8 Å². The Morgan fingerprint density at radius 3 is 2.59 bits per heavy atom. The molecule has 2 aromatic carbocycles. The van der Waals surface area contributed by atoms with Gasteiger partial charge in [0.15, 0.2) is 5.82 Å². The number of anilines is 1. The third-order valence-electron chi connectivity index (χ3n) is 5.49. The molecule has 0 aliphatic carbocycles. The summed E-state index contributed by atoms with van der Waals surface area (Å²) in [5.74, 6) is 1.26. The highest BCUT2D eigenvalue weighted by molar-refractivity contribution is 9.10. The number of carbonyl (C=O) groups excluding carboxylic acids is 2. The molecule has 0 spiro atoms. The Kier molecular flexibility index (Phi) is 6.90. The first-order valence-electron chi connectivity index (χ1n) is 10.5. The maximum absolute atomic E-state index is 13.2. The first-order chi connectivity index (χ1) is 15.5. The van der Waals surface area contributed by atoms with Gasteiger partial charge in [0.2, 0.25) is 5.91 Å². The number of aryl methyl sites for hydroxylation is 1. The summed E-state index contributed by atoms with van der Waals surface area (Å²) in [6.07, 6.45) is 1.18. The highest BCUT2D eigenvalue weighted by Gasteiger charge is 2.29. The first kappa shape index (κ1) is 22.1. The molecule has 166 valence electrons. The van der Waals surface area contributed by atoms with Crippen LogP contribution in [-0.4, -0.2) is 35.0 Å². The van der Waals surface area contributed by atoms with Crippen molar-refractivity contribution in [3.63, 3.8) is 0 Å². The number of nitrogens with one attached hydrogen (secondary N) is 1. The van der Waals surface area contributed by atoms with Crippen molar-refractivity contribution in [1.82, 2.24) is 10.1 Å². The molecule has 4 rings (SSSR count). The van der Waals surface area contributed by atoms with Crippen LogP contribution in [0.2, 0.25) is 0 Å². The maximum atomic E-state index is 13.2. The molecular formula is C24H24BrN3O4. The molecule has 1 N–H and O–H groups in total. The summed E-state index contributed by atoms with van der Waals surface area (Å²) in [7, 11) is 0. The summed E-state index contributed by atoms with van der Waals surface area (Å²) < 4.78 is 11.9. The number of likely N-dealkylation sites (tertiary alicyclic amines) is 1. The van der Waals surface area contributed by atoms with Crippen molar-refractivity contribution < 1.29 is 18.8 Å². The maximum Gasteiger partial charge on any atom is 0.257 e. The molecule has 1 saturated heterocycles. The zero-order valence-corrected chi connectivity index (χ0v) is 19.3. The Morgan fingerprint density at radius 2 is 1.88 bits per heavy atom. The number of aromatic nitrogens is 1. The molecule has 1 fully saturated rings. The average molecular weight is 498 g/mol. The molecule has 1 aliphatic rings. The van der Waals surface area contributed by atoms with Gasteiger partial charge in [-0.3, -0.25) is 9.59 Å². The lowest BCUT2D eigenvalue weighted by atomic mass is 9.95. The Hall–Kier alpha value is -3.13. The Bertz CT molecular complexity index is 1110. The number of para-hydroxylation sites is 1. The number of ether oxygens (including phenoxy) is 1. The topological polar surface area (TPSA) is 84.7 Å². The predicted octanol–water partition coefficient (Wildman–Crippen LogP) is 4.82. The third kappa shape index (κ3) is 5.19. The van der Waals surface area contributed by atoms with Gasteiger partial charge in [-0.05, 0) is 38.0 Å². The van der Waals surface area contributed by atoms with Gasteiger partial charge < -0.3 is 19.5 Å². The standard InChI is InChI=1S/C24H24BrN3O4/c1-16-14-22(27-32-16)26-23(29)17-10-12-28(13-11-17)24(30)19-7-3-5-9-21(19)31-15-18-6-2-4-8-20(18)25/h2-9,14,17H,10-13,15H2,1H3,(H,26,27,29). The molecule has 1 aliphatic heterocycles. The summed E-state index contributed by atoms with van der Waals surface area (Å²) in [6, 6.07) is 16.8. The van der Waals surface area contributed by atoms with Gasteiger partial charge in [0.25, 0.3) is 5.91 Å². The van der Waals surface area contributed by atoms with Crippen LogP contribution in [0.4, 0.5) is 5.82 Å². The lowest BCUT2D eigenvalue weighted by Crippen LogP contribution is -2.41. The molecule has 2 heterocycles. The van der Waals surface area contributed by atoms with Gasteiger partial charge in [-0.15, -0.1) is 0 Å². The van der Waals surface area contributed by atoms with Crippen molar-refractivity contribution in [2.45, 2.75) is 26.4 Å². The Balaban J connectivity index is 1.36. The first-order valence-corrected chi connectivity index (χ1v) is 11.3. The smallest absolute Gasteiger partial charge is 0.257 e.